The number of rotatable bonds is 5. The summed E-state index contributed by atoms with van der Waals surface area (Å²) in [5.41, 5.74) is 1.39. The van der Waals surface area contributed by atoms with Crippen molar-refractivity contribution < 1.29 is 14.7 Å². The van der Waals surface area contributed by atoms with Gasteiger partial charge in [0.05, 0.1) is 6.54 Å². The van der Waals surface area contributed by atoms with Gasteiger partial charge in [-0.3, -0.25) is 14.5 Å². The SMILES string of the molecule is O=C(O)CN1C[C@@H]2C(C(=O)N3CCC(Cc4ccccc4)CC3)[C@@H]2C1. The Labute approximate surface area is 148 Å². The van der Waals surface area contributed by atoms with E-state index >= 15 is 0 Å². The summed E-state index contributed by atoms with van der Waals surface area (Å²) >= 11 is 0. The van der Waals surface area contributed by atoms with Gasteiger partial charge in [-0.25, -0.2) is 0 Å². The summed E-state index contributed by atoms with van der Waals surface area (Å²) in [5.74, 6) is 1.18. The number of hydrogen-bond donors (Lipinski definition) is 1. The van der Waals surface area contributed by atoms with Crippen molar-refractivity contribution in [2.24, 2.45) is 23.7 Å². The number of aliphatic carboxylic acids is 1. The fourth-order valence-corrected chi connectivity index (χ4v) is 4.82. The summed E-state index contributed by atoms with van der Waals surface area (Å²) in [7, 11) is 0. The van der Waals surface area contributed by atoms with Crippen molar-refractivity contribution in [3.8, 4) is 0 Å². The second-order valence-electron chi connectivity index (χ2n) is 7.90. The van der Waals surface area contributed by atoms with Crippen LogP contribution in [0.25, 0.3) is 0 Å². The van der Waals surface area contributed by atoms with Gasteiger partial charge in [-0.2, -0.15) is 0 Å². The van der Waals surface area contributed by atoms with E-state index in [0.717, 1.165) is 45.4 Å². The van der Waals surface area contributed by atoms with Crippen molar-refractivity contribution in [1.29, 1.82) is 0 Å². The monoisotopic (exact) mass is 342 g/mol. The number of nitrogens with zero attached hydrogens (tertiary/aromatic N) is 2. The number of benzene rings is 1. The average Bonchev–Trinajstić information content (AvgIpc) is 3.11. The van der Waals surface area contributed by atoms with E-state index < -0.39 is 5.97 Å². The topological polar surface area (TPSA) is 60.9 Å². The molecule has 5 nitrogen and oxygen atoms in total. The largest absolute Gasteiger partial charge is 0.480 e. The summed E-state index contributed by atoms with van der Waals surface area (Å²) in [4.78, 5) is 27.6. The second kappa shape index (κ2) is 6.79. The molecule has 134 valence electrons. The molecule has 2 aliphatic heterocycles. The fourth-order valence-electron chi connectivity index (χ4n) is 4.82. The number of fused-ring (bicyclic) bond motifs is 1. The molecular formula is C20H26N2O3. The van der Waals surface area contributed by atoms with Crippen molar-refractivity contribution in [1.82, 2.24) is 9.80 Å². The predicted octanol–water partition coefficient (Wildman–Crippen LogP) is 1.73. The highest BCUT2D eigenvalue weighted by molar-refractivity contribution is 5.83. The number of piperidine rings is 2. The van der Waals surface area contributed by atoms with Gasteiger partial charge in [-0.15, -0.1) is 0 Å². The van der Waals surface area contributed by atoms with Crippen LogP contribution in [0.5, 0.6) is 0 Å². The smallest absolute Gasteiger partial charge is 0.317 e. The highest BCUT2D eigenvalue weighted by atomic mass is 16.4. The van der Waals surface area contributed by atoms with Crippen LogP contribution in [0.15, 0.2) is 30.3 Å². The maximum atomic E-state index is 12.8. The van der Waals surface area contributed by atoms with E-state index in [9.17, 15) is 9.59 Å². The lowest BCUT2D eigenvalue weighted by molar-refractivity contribution is -0.138. The van der Waals surface area contributed by atoms with Gasteiger partial charge < -0.3 is 10.0 Å². The molecule has 1 N–H and O–H groups in total. The molecular weight excluding hydrogens is 316 g/mol. The fraction of sp³-hybridized carbons (Fsp3) is 0.600. The van der Waals surface area contributed by atoms with Gasteiger partial charge in [0.15, 0.2) is 0 Å². The molecule has 1 aromatic rings. The Morgan fingerprint density at radius 2 is 1.68 bits per heavy atom. The second-order valence-corrected chi connectivity index (χ2v) is 7.90. The Balaban J connectivity index is 1.23. The molecule has 3 aliphatic rings. The van der Waals surface area contributed by atoms with Crippen molar-refractivity contribution >= 4 is 11.9 Å². The van der Waals surface area contributed by atoms with Crippen LogP contribution in [0.4, 0.5) is 0 Å². The zero-order valence-corrected chi connectivity index (χ0v) is 14.5. The zero-order chi connectivity index (χ0) is 17.4. The molecule has 1 saturated carbocycles. The van der Waals surface area contributed by atoms with Gasteiger partial charge in [0.2, 0.25) is 5.91 Å². The number of amides is 1. The number of carboxylic acid groups (broad SMARTS) is 1. The molecule has 0 aromatic heterocycles. The molecule has 2 heterocycles. The molecule has 1 unspecified atom stereocenters. The first-order valence-corrected chi connectivity index (χ1v) is 9.38. The van der Waals surface area contributed by atoms with Crippen molar-refractivity contribution in [3.63, 3.8) is 0 Å². The molecule has 5 heteroatoms. The average molecular weight is 342 g/mol. The minimum absolute atomic E-state index is 0.110. The molecule has 3 fully saturated rings. The van der Waals surface area contributed by atoms with Gasteiger partial charge in [-0.05, 0) is 42.6 Å². The van der Waals surface area contributed by atoms with Crippen molar-refractivity contribution in [3.05, 3.63) is 35.9 Å². The Kier molecular flexibility index (Phi) is 4.50. The molecule has 4 rings (SSSR count). The van der Waals surface area contributed by atoms with E-state index in [1.807, 2.05) is 4.90 Å². The summed E-state index contributed by atoms with van der Waals surface area (Å²) < 4.78 is 0. The van der Waals surface area contributed by atoms with Gasteiger partial charge in [0.25, 0.3) is 0 Å². The number of carboxylic acids is 1. The third-order valence-corrected chi connectivity index (χ3v) is 6.21. The van der Waals surface area contributed by atoms with E-state index in [1.54, 1.807) is 0 Å². The van der Waals surface area contributed by atoms with Crippen LogP contribution in [-0.4, -0.2) is 59.5 Å². The van der Waals surface area contributed by atoms with Crippen LogP contribution in [0.1, 0.15) is 18.4 Å². The number of hydrogen-bond acceptors (Lipinski definition) is 3. The van der Waals surface area contributed by atoms with Crippen LogP contribution in [-0.2, 0) is 16.0 Å². The highest BCUT2D eigenvalue weighted by Crippen LogP contribution is 2.52. The predicted molar refractivity (Wildman–Crippen MR) is 94.0 cm³/mol. The zero-order valence-electron chi connectivity index (χ0n) is 14.5. The first kappa shape index (κ1) is 16.6. The maximum absolute atomic E-state index is 12.8. The minimum Gasteiger partial charge on any atom is -0.480 e. The highest BCUT2D eigenvalue weighted by Gasteiger charge is 2.60. The Bertz CT molecular complexity index is 628. The molecule has 0 spiro atoms. The van der Waals surface area contributed by atoms with Crippen molar-refractivity contribution in [2.75, 3.05) is 32.7 Å². The standard InChI is InChI=1S/C20H26N2O3/c23-18(24)13-21-11-16-17(12-21)19(16)20(25)22-8-6-15(7-9-22)10-14-4-2-1-3-5-14/h1-5,15-17,19H,6-13H2,(H,23,24)/t16-,17+,19?. The molecule has 0 radical (unpaired) electrons. The molecule has 3 atom stereocenters. The summed E-state index contributed by atoms with van der Waals surface area (Å²) in [5, 5.41) is 8.87. The molecule has 1 amide bonds. The first-order valence-electron chi connectivity index (χ1n) is 9.38. The molecule has 1 aliphatic carbocycles. The van der Waals surface area contributed by atoms with Crippen LogP contribution in [0, 0.1) is 23.7 Å². The molecule has 0 bridgehead atoms. The normalized spacial score (nSPS) is 29.4. The minimum atomic E-state index is -0.773. The Hall–Kier alpha value is -1.88. The van der Waals surface area contributed by atoms with Gasteiger partial charge in [0.1, 0.15) is 0 Å². The lowest BCUT2D eigenvalue weighted by Gasteiger charge is -2.33. The maximum Gasteiger partial charge on any atom is 0.317 e. The molecule has 25 heavy (non-hydrogen) atoms. The number of likely N-dealkylation sites (tertiary alicyclic amines) is 2. The third-order valence-electron chi connectivity index (χ3n) is 6.21. The van der Waals surface area contributed by atoms with Gasteiger partial charge >= 0.3 is 5.97 Å². The lowest BCUT2D eigenvalue weighted by Crippen LogP contribution is -2.41. The van der Waals surface area contributed by atoms with Crippen LogP contribution in [0.3, 0.4) is 0 Å². The Morgan fingerprint density at radius 1 is 1.04 bits per heavy atom. The van der Waals surface area contributed by atoms with Crippen molar-refractivity contribution in [2.45, 2.75) is 19.3 Å². The van der Waals surface area contributed by atoms with E-state index in [2.05, 4.69) is 35.2 Å². The van der Waals surface area contributed by atoms with Gasteiger partial charge in [-0.1, -0.05) is 30.3 Å². The van der Waals surface area contributed by atoms with E-state index in [-0.39, 0.29) is 12.5 Å². The van der Waals surface area contributed by atoms with E-state index in [1.165, 1.54) is 5.56 Å². The molecule has 1 aromatic carbocycles. The summed E-state index contributed by atoms with van der Waals surface area (Å²) in [6.07, 6.45) is 3.29. The number of carbonyl (C=O) groups is 2. The van der Waals surface area contributed by atoms with Crippen LogP contribution in [0.2, 0.25) is 0 Å². The lowest BCUT2D eigenvalue weighted by atomic mass is 9.90. The van der Waals surface area contributed by atoms with E-state index in [4.69, 9.17) is 5.11 Å². The van der Waals surface area contributed by atoms with Gasteiger partial charge in [0, 0.05) is 32.1 Å². The van der Waals surface area contributed by atoms with E-state index in [0.29, 0.717) is 23.7 Å². The summed E-state index contributed by atoms with van der Waals surface area (Å²) in [6, 6.07) is 10.6. The summed E-state index contributed by atoms with van der Waals surface area (Å²) in [6.45, 7) is 3.42. The quantitative estimate of drug-likeness (QED) is 0.885. The number of carbonyl (C=O) groups excluding carboxylic acids is 1. The first-order chi connectivity index (χ1) is 12.1. The van der Waals surface area contributed by atoms with Crippen LogP contribution >= 0.6 is 0 Å². The third kappa shape index (κ3) is 3.56. The molecule has 2 saturated heterocycles. The Morgan fingerprint density at radius 3 is 2.28 bits per heavy atom. The van der Waals surface area contributed by atoms with Crippen LogP contribution < -0.4 is 0 Å².